The Morgan fingerprint density at radius 2 is 1.84 bits per heavy atom. The predicted octanol–water partition coefficient (Wildman–Crippen LogP) is 2.92. The minimum absolute atomic E-state index is 0. The molecule has 4 rings (SSSR count). The maximum Gasteiger partial charge on any atom is 0.258 e. The first-order valence-electron chi connectivity index (χ1n) is 8.00. The van der Waals surface area contributed by atoms with Crippen molar-refractivity contribution in [2.45, 2.75) is 12.8 Å². The van der Waals surface area contributed by atoms with Crippen LogP contribution in [0.4, 0.5) is 0 Å². The molecule has 1 aromatic carbocycles. The standard InChI is InChI=1S/C18H18N4O2.ClH/c1-23-16-5-4-15(11-20-16)17-21-18(24-22-17)14-3-2-12-6-8-19-9-7-13(12)10-14;/h2-5,10-11,19H,6-9H2,1H3;1H. The summed E-state index contributed by atoms with van der Waals surface area (Å²) in [5, 5.41) is 7.49. The quantitative estimate of drug-likeness (QED) is 0.776. The van der Waals surface area contributed by atoms with Gasteiger partial charge in [-0.05, 0) is 55.3 Å². The van der Waals surface area contributed by atoms with Gasteiger partial charge in [0.15, 0.2) is 0 Å². The smallest absolute Gasteiger partial charge is 0.258 e. The number of nitrogens with zero attached hydrogens (tertiary/aromatic N) is 3. The summed E-state index contributed by atoms with van der Waals surface area (Å²) in [4.78, 5) is 8.68. The van der Waals surface area contributed by atoms with Crippen LogP contribution < -0.4 is 10.1 Å². The van der Waals surface area contributed by atoms with Crippen LogP contribution in [0.2, 0.25) is 0 Å². The van der Waals surface area contributed by atoms with Crippen molar-refractivity contribution in [3.8, 4) is 28.7 Å². The van der Waals surface area contributed by atoms with E-state index in [1.165, 1.54) is 11.1 Å². The first-order chi connectivity index (χ1) is 11.8. The monoisotopic (exact) mass is 358 g/mol. The molecule has 3 heterocycles. The van der Waals surface area contributed by atoms with Crippen LogP contribution in [0, 0.1) is 0 Å². The Kier molecular flexibility index (Phi) is 5.31. The number of hydrogen-bond acceptors (Lipinski definition) is 6. The number of pyridine rings is 1. The Bertz CT molecular complexity index is 849. The average Bonchev–Trinajstić information content (AvgIpc) is 3.01. The molecule has 6 nitrogen and oxygen atoms in total. The van der Waals surface area contributed by atoms with Crippen LogP contribution in [0.5, 0.6) is 5.88 Å². The summed E-state index contributed by atoms with van der Waals surface area (Å²) in [6.07, 6.45) is 3.75. The second kappa shape index (κ2) is 7.63. The molecule has 0 saturated heterocycles. The predicted molar refractivity (Wildman–Crippen MR) is 97.0 cm³/mol. The van der Waals surface area contributed by atoms with Gasteiger partial charge in [0, 0.05) is 23.4 Å². The van der Waals surface area contributed by atoms with Crippen molar-refractivity contribution >= 4 is 12.4 Å². The van der Waals surface area contributed by atoms with Crippen molar-refractivity contribution in [3.63, 3.8) is 0 Å². The number of fused-ring (bicyclic) bond motifs is 1. The van der Waals surface area contributed by atoms with Crippen LogP contribution in [0.15, 0.2) is 41.1 Å². The topological polar surface area (TPSA) is 73.1 Å². The van der Waals surface area contributed by atoms with E-state index < -0.39 is 0 Å². The van der Waals surface area contributed by atoms with E-state index in [-0.39, 0.29) is 12.4 Å². The number of hydrogen-bond donors (Lipinski definition) is 1. The highest BCUT2D eigenvalue weighted by Gasteiger charge is 2.14. The largest absolute Gasteiger partial charge is 0.481 e. The van der Waals surface area contributed by atoms with E-state index in [1.807, 2.05) is 12.1 Å². The Morgan fingerprint density at radius 1 is 1.04 bits per heavy atom. The summed E-state index contributed by atoms with van der Waals surface area (Å²) in [7, 11) is 1.59. The van der Waals surface area contributed by atoms with E-state index in [0.717, 1.165) is 37.1 Å². The van der Waals surface area contributed by atoms with Crippen LogP contribution in [-0.4, -0.2) is 35.3 Å². The molecule has 0 bridgehead atoms. The third-order valence-corrected chi connectivity index (χ3v) is 4.23. The van der Waals surface area contributed by atoms with Gasteiger partial charge in [0.1, 0.15) is 0 Å². The molecule has 7 heteroatoms. The second-order valence-electron chi connectivity index (χ2n) is 5.75. The van der Waals surface area contributed by atoms with Gasteiger partial charge in [-0.25, -0.2) is 4.98 Å². The van der Waals surface area contributed by atoms with Gasteiger partial charge in [0.25, 0.3) is 5.89 Å². The van der Waals surface area contributed by atoms with Crippen LogP contribution >= 0.6 is 12.4 Å². The molecule has 1 aliphatic heterocycles. The molecule has 3 aromatic rings. The van der Waals surface area contributed by atoms with Crippen molar-refractivity contribution in [1.82, 2.24) is 20.4 Å². The summed E-state index contributed by atoms with van der Waals surface area (Å²) < 4.78 is 10.5. The van der Waals surface area contributed by atoms with E-state index in [4.69, 9.17) is 9.26 Å². The van der Waals surface area contributed by atoms with Gasteiger partial charge in [-0.15, -0.1) is 12.4 Å². The summed E-state index contributed by atoms with van der Waals surface area (Å²) in [6.45, 7) is 2.03. The molecule has 0 amide bonds. The van der Waals surface area contributed by atoms with Crippen molar-refractivity contribution in [2.24, 2.45) is 0 Å². The second-order valence-corrected chi connectivity index (χ2v) is 5.75. The zero-order chi connectivity index (χ0) is 16.4. The molecule has 130 valence electrons. The fourth-order valence-electron chi connectivity index (χ4n) is 2.90. The average molecular weight is 359 g/mol. The maximum atomic E-state index is 5.45. The van der Waals surface area contributed by atoms with Crippen molar-refractivity contribution < 1.29 is 9.26 Å². The van der Waals surface area contributed by atoms with Gasteiger partial charge in [-0.2, -0.15) is 4.98 Å². The maximum absolute atomic E-state index is 5.45. The summed E-state index contributed by atoms with van der Waals surface area (Å²) in [6, 6.07) is 10.0. The fourth-order valence-corrected chi connectivity index (χ4v) is 2.90. The highest BCUT2D eigenvalue weighted by atomic mass is 35.5. The van der Waals surface area contributed by atoms with E-state index in [0.29, 0.717) is 17.6 Å². The number of benzene rings is 1. The van der Waals surface area contributed by atoms with E-state index >= 15 is 0 Å². The molecule has 25 heavy (non-hydrogen) atoms. The summed E-state index contributed by atoms with van der Waals surface area (Å²) in [5.74, 6) is 1.61. The molecule has 0 aliphatic carbocycles. The number of halogens is 1. The van der Waals surface area contributed by atoms with Crippen molar-refractivity contribution in [3.05, 3.63) is 47.7 Å². The molecule has 0 atom stereocenters. The first-order valence-corrected chi connectivity index (χ1v) is 8.00. The molecule has 0 saturated carbocycles. The van der Waals surface area contributed by atoms with E-state index in [1.54, 1.807) is 19.4 Å². The SMILES string of the molecule is COc1ccc(-c2noc(-c3ccc4c(c3)CCNCC4)n2)cn1.Cl. The number of methoxy groups -OCH3 is 1. The molecular formula is C18H19ClN4O2. The van der Waals surface area contributed by atoms with Gasteiger partial charge >= 0.3 is 0 Å². The molecule has 0 radical (unpaired) electrons. The van der Waals surface area contributed by atoms with Gasteiger partial charge in [-0.1, -0.05) is 11.2 Å². The molecule has 0 unspecified atom stereocenters. The van der Waals surface area contributed by atoms with Crippen molar-refractivity contribution in [2.75, 3.05) is 20.2 Å². The zero-order valence-electron chi connectivity index (χ0n) is 13.9. The van der Waals surface area contributed by atoms with Gasteiger partial charge < -0.3 is 14.6 Å². The minimum Gasteiger partial charge on any atom is -0.481 e. The minimum atomic E-state index is 0. The molecule has 0 fully saturated rings. The molecular weight excluding hydrogens is 340 g/mol. The van der Waals surface area contributed by atoms with Crippen LogP contribution in [0.3, 0.4) is 0 Å². The lowest BCUT2D eigenvalue weighted by Gasteiger charge is -2.05. The number of aromatic nitrogens is 3. The lowest BCUT2D eigenvalue weighted by Crippen LogP contribution is -2.16. The van der Waals surface area contributed by atoms with Crippen LogP contribution in [-0.2, 0) is 12.8 Å². The summed E-state index contributed by atoms with van der Waals surface area (Å²) in [5.41, 5.74) is 4.49. The number of ether oxygens (including phenoxy) is 1. The Balaban J connectivity index is 0.00000182. The highest BCUT2D eigenvalue weighted by Crippen LogP contribution is 2.25. The zero-order valence-corrected chi connectivity index (χ0v) is 14.7. The lowest BCUT2D eigenvalue weighted by atomic mass is 10.00. The lowest BCUT2D eigenvalue weighted by molar-refractivity contribution is 0.398. The van der Waals surface area contributed by atoms with Crippen LogP contribution in [0.1, 0.15) is 11.1 Å². The third-order valence-electron chi connectivity index (χ3n) is 4.23. The summed E-state index contributed by atoms with van der Waals surface area (Å²) >= 11 is 0. The van der Waals surface area contributed by atoms with E-state index in [2.05, 4.69) is 32.6 Å². The molecule has 1 N–H and O–H groups in total. The third kappa shape index (κ3) is 3.65. The van der Waals surface area contributed by atoms with Crippen LogP contribution in [0.25, 0.3) is 22.8 Å². The number of rotatable bonds is 3. The van der Waals surface area contributed by atoms with Gasteiger partial charge in [-0.3, -0.25) is 0 Å². The Morgan fingerprint density at radius 3 is 2.60 bits per heavy atom. The van der Waals surface area contributed by atoms with E-state index in [9.17, 15) is 0 Å². The first kappa shape index (κ1) is 17.4. The fraction of sp³-hybridized carbons (Fsp3) is 0.278. The van der Waals surface area contributed by atoms with Crippen molar-refractivity contribution in [1.29, 1.82) is 0 Å². The highest BCUT2D eigenvalue weighted by molar-refractivity contribution is 5.85. The van der Waals surface area contributed by atoms with Gasteiger partial charge in [0.2, 0.25) is 11.7 Å². The molecule has 1 aliphatic rings. The Hall–Kier alpha value is -2.44. The normalized spacial score (nSPS) is 13.5. The molecule has 0 spiro atoms. The Labute approximate surface area is 152 Å². The number of nitrogens with one attached hydrogen (secondary N) is 1. The van der Waals surface area contributed by atoms with Gasteiger partial charge in [0.05, 0.1) is 7.11 Å². The molecule has 2 aromatic heterocycles.